The molecule has 2 rings (SSSR count). The zero-order chi connectivity index (χ0) is 16.8. The van der Waals surface area contributed by atoms with Crippen LogP contribution < -0.4 is 10.6 Å². The number of hydrogen-bond acceptors (Lipinski definition) is 3. The van der Waals surface area contributed by atoms with E-state index in [0.717, 1.165) is 10.0 Å². The van der Waals surface area contributed by atoms with Gasteiger partial charge >= 0.3 is 6.03 Å². The van der Waals surface area contributed by atoms with Gasteiger partial charge in [0.1, 0.15) is 5.02 Å². The second-order valence-corrected chi connectivity index (χ2v) is 5.64. The van der Waals surface area contributed by atoms with Crippen molar-refractivity contribution in [3.63, 3.8) is 0 Å². The lowest BCUT2D eigenvalue weighted by Gasteiger charge is -2.05. The summed E-state index contributed by atoms with van der Waals surface area (Å²) in [5.74, 6) is 0. The number of amides is 2. The van der Waals surface area contributed by atoms with E-state index in [0.29, 0.717) is 0 Å². The first-order chi connectivity index (χ1) is 11.0. The fourth-order valence-corrected chi connectivity index (χ4v) is 2.32. The van der Waals surface area contributed by atoms with Crippen LogP contribution >= 0.6 is 27.5 Å². The highest BCUT2D eigenvalue weighted by Crippen LogP contribution is 2.27. The third kappa shape index (κ3) is 4.80. The van der Waals surface area contributed by atoms with Crippen LogP contribution in [0.15, 0.2) is 53.1 Å². The van der Waals surface area contributed by atoms with Gasteiger partial charge in [-0.3, -0.25) is 10.1 Å². The van der Waals surface area contributed by atoms with Crippen LogP contribution in [0.2, 0.25) is 5.02 Å². The zero-order valence-corrected chi connectivity index (χ0v) is 14.0. The highest BCUT2D eigenvalue weighted by molar-refractivity contribution is 9.10. The molecular formula is C15H11BrClN3O3. The molecular weight excluding hydrogens is 386 g/mol. The lowest BCUT2D eigenvalue weighted by atomic mass is 10.2. The number of urea groups is 1. The van der Waals surface area contributed by atoms with Crippen molar-refractivity contribution in [1.82, 2.24) is 5.32 Å². The Morgan fingerprint density at radius 3 is 2.70 bits per heavy atom. The summed E-state index contributed by atoms with van der Waals surface area (Å²) >= 11 is 9.10. The lowest BCUT2D eigenvalue weighted by molar-refractivity contribution is -0.384. The second-order valence-electron chi connectivity index (χ2n) is 4.38. The molecule has 2 amide bonds. The number of carbonyl (C=O) groups is 1. The third-order valence-corrected chi connectivity index (χ3v) is 3.83. The number of benzene rings is 2. The van der Waals surface area contributed by atoms with Gasteiger partial charge in [-0.15, -0.1) is 0 Å². The number of rotatable bonds is 4. The monoisotopic (exact) mass is 395 g/mol. The molecule has 0 radical (unpaired) electrons. The van der Waals surface area contributed by atoms with Crippen molar-refractivity contribution < 1.29 is 9.72 Å². The Labute approximate surface area is 145 Å². The molecule has 0 heterocycles. The standard InChI is InChI=1S/C15H11BrClN3O3/c16-12-4-2-1-3-10(12)7-8-18-15(21)19-11-5-6-13(17)14(9-11)20(22)23/h1-9H,(H2,18,19,21)/b8-7+. The van der Waals surface area contributed by atoms with E-state index in [1.807, 2.05) is 24.3 Å². The normalized spacial score (nSPS) is 10.5. The molecule has 0 saturated heterocycles. The molecule has 0 atom stereocenters. The number of nitrogens with zero attached hydrogens (tertiary/aromatic N) is 1. The largest absolute Gasteiger partial charge is 0.323 e. The number of nitro groups is 1. The van der Waals surface area contributed by atoms with Crippen molar-refractivity contribution in [3.8, 4) is 0 Å². The first-order valence-electron chi connectivity index (χ1n) is 6.40. The quantitative estimate of drug-likeness (QED) is 0.575. The maximum absolute atomic E-state index is 11.8. The first-order valence-corrected chi connectivity index (χ1v) is 7.57. The average molecular weight is 397 g/mol. The molecule has 0 saturated carbocycles. The summed E-state index contributed by atoms with van der Waals surface area (Å²) in [7, 11) is 0. The van der Waals surface area contributed by atoms with E-state index in [-0.39, 0.29) is 16.4 Å². The van der Waals surface area contributed by atoms with Gasteiger partial charge in [-0.25, -0.2) is 4.79 Å². The van der Waals surface area contributed by atoms with Gasteiger partial charge in [0.15, 0.2) is 0 Å². The molecule has 0 spiro atoms. The SMILES string of the molecule is O=C(N/C=C/c1ccccc1Br)Nc1ccc(Cl)c([N+](=O)[O-])c1. The second kappa shape index (κ2) is 7.75. The van der Waals surface area contributed by atoms with Crippen molar-refractivity contribution in [2.75, 3.05) is 5.32 Å². The van der Waals surface area contributed by atoms with Crippen LogP contribution in [0, 0.1) is 10.1 Å². The van der Waals surface area contributed by atoms with Crippen molar-refractivity contribution in [3.05, 3.63) is 73.8 Å². The summed E-state index contributed by atoms with van der Waals surface area (Å²) in [6.45, 7) is 0. The number of hydrogen-bond donors (Lipinski definition) is 2. The highest BCUT2D eigenvalue weighted by Gasteiger charge is 2.13. The van der Waals surface area contributed by atoms with E-state index >= 15 is 0 Å². The summed E-state index contributed by atoms with van der Waals surface area (Å²) in [5.41, 5.74) is 0.899. The van der Waals surface area contributed by atoms with Crippen molar-refractivity contribution in [2.24, 2.45) is 0 Å². The van der Waals surface area contributed by atoms with Crippen LogP contribution in [0.25, 0.3) is 6.08 Å². The Kier molecular flexibility index (Phi) is 5.72. The maximum Gasteiger partial charge on any atom is 0.323 e. The van der Waals surface area contributed by atoms with Gasteiger partial charge in [0.2, 0.25) is 0 Å². The summed E-state index contributed by atoms with van der Waals surface area (Å²) in [5, 5.41) is 15.8. The highest BCUT2D eigenvalue weighted by atomic mass is 79.9. The van der Waals surface area contributed by atoms with Crippen molar-refractivity contribution in [2.45, 2.75) is 0 Å². The van der Waals surface area contributed by atoms with Crippen LogP contribution in [0.4, 0.5) is 16.2 Å². The van der Waals surface area contributed by atoms with Crippen LogP contribution in [0.5, 0.6) is 0 Å². The third-order valence-electron chi connectivity index (χ3n) is 2.78. The number of nitrogens with one attached hydrogen (secondary N) is 2. The molecule has 0 fully saturated rings. The lowest BCUT2D eigenvalue weighted by Crippen LogP contribution is -2.23. The molecule has 0 aromatic heterocycles. The maximum atomic E-state index is 11.8. The Hall–Kier alpha value is -2.38. The Balaban J connectivity index is 1.99. The van der Waals surface area contributed by atoms with Gasteiger partial charge in [-0.05, 0) is 29.8 Å². The fraction of sp³-hybridized carbons (Fsp3) is 0. The summed E-state index contributed by atoms with van der Waals surface area (Å²) < 4.78 is 0.895. The average Bonchev–Trinajstić information content (AvgIpc) is 2.51. The van der Waals surface area contributed by atoms with Crippen LogP contribution in [-0.2, 0) is 0 Å². The van der Waals surface area contributed by atoms with Gasteiger partial charge in [-0.2, -0.15) is 0 Å². The first kappa shape index (κ1) is 17.0. The van der Waals surface area contributed by atoms with E-state index in [9.17, 15) is 14.9 Å². The molecule has 2 aromatic carbocycles. The summed E-state index contributed by atoms with van der Waals surface area (Å²) in [4.78, 5) is 22.0. The molecule has 23 heavy (non-hydrogen) atoms. The van der Waals surface area contributed by atoms with E-state index in [1.54, 1.807) is 6.08 Å². The van der Waals surface area contributed by atoms with Crippen molar-refractivity contribution >= 4 is 51.0 Å². The van der Waals surface area contributed by atoms with E-state index in [2.05, 4.69) is 26.6 Å². The minimum absolute atomic E-state index is 0.00906. The number of halogens is 2. The molecule has 2 aromatic rings. The van der Waals surface area contributed by atoms with Crippen molar-refractivity contribution in [1.29, 1.82) is 0 Å². The number of nitro benzene ring substituents is 1. The molecule has 0 unspecified atom stereocenters. The fourth-order valence-electron chi connectivity index (χ4n) is 1.71. The smallest absolute Gasteiger partial charge is 0.314 e. The topological polar surface area (TPSA) is 84.3 Å². The van der Waals surface area contributed by atoms with Gasteiger partial charge < -0.3 is 10.6 Å². The minimum atomic E-state index is -0.613. The van der Waals surface area contributed by atoms with Gasteiger partial charge in [0.05, 0.1) is 4.92 Å². The minimum Gasteiger partial charge on any atom is -0.314 e. The Morgan fingerprint density at radius 2 is 2.00 bits per heavy atom. The Morgan fingerprint density at radius 1 is 1.26 bits per heavy atom. The molecule has 0 aliphatic carbocycles. The predicted octanol–water partition coefficient (Wildman–Crippen LogP) is 4.80. The van der Waals surface area contributed by atoms with Gasteiger partial charge in [-0.1, -0.05) is 45.7 Å². The van der Waals surface area contributed by atoms with Gasteiger partial charge in [0, 0.05) is 22.4 Å². The van der Waals surface area contributed by atoms with E-state index in [4.69, 9.17) is 11.6 Å². The molecule has 8 heteroatoms. The number of anilines is 1. The number of carbonyl (C=O) groups excluding carboxylic acids is 1. The van der Waals surface area contributed by atoms with Crippen LogP contribution in [0.3, 0.4) is 0 Å². The van der Waals surface area contributed by atoms with Crippen LogP contribution in [0.1, 0.15) is 5.56 Å². The van der Waals surface area contributed by atoms with E-state index < -0.39 is 11.0 Å². The summed E-state index contributed by atoms with van der Waals surface area (Å²) in [6.07, 6.45) is 3.19. The molecule has 6 nitrogen and oxygen atoms in total. The molecule has 0 aliphatic rings. The predicted molar refractivity (Wildman–Crippen MR) is 93.4 cm³/mol. The van der Waals surface area contributed by atoms with E-state index in [1.165, 1.54) is 24.4 Å². The molecule has 118 valence electrons. The molecule has 0 aliphatic heterocycles. The van der Waals surface area contributed by atoms with Gasteiger partial charge in [0.25, 0.3) is 5.69 Å². The van der Waals surface area contributed by atoms with Crippen LogP contribution in [-0.4, -0.2) is 11.0 Å². The Bertz CT molecular complexity index is 780. The molecule has 2 N–H and O–H groups in total. The molecule has 0 bridgehead atoms. The zero-order valence-electron chi connectivity index (χ0n) is 11.6. The summed E-state index contributed by atoms with van der Waals surface area (Å²) in [6, 6.07) is 11.0.